The molecule has 0 atom stereocenters. The van der Waals surface area contributed by atoms with Crippen molar-refractivity contribution in [3.63, 3.8) is 0 Å². The molecule has 0 N–H and O–H groups in total. The molecule has 4 heteroatoms. The summed E-state index contributed by atoms with van der Waals surface area (Å²) in [5.74, 6) is 0. The van der Waals surface area contributed by atoms with Crippen LogP contribution < -0.4 is 0 Å². The Hall–Kier alpha value is 0.680. The molecule has 2 rings (SSSR count). The van der Waals surface area contributed by atoms with E-state index < -0.39 is 0 Å². The van der Waals surface area contributed by atoms with Gasteiger partial charge in [-0.25, -0.2) is 0 Å². The maximum Gasteiger partial charge on any atom is 0.0562 e. The second kappa shape index (κ2) is 3.44. The first-order chi connectivity index (χ1) is 5.68. The van der Waals surface area contributed by atoms with Gasteiger partial charge in [-0.3, -0.25) is 0 Å². The molecular weight excluding hydrogens is 370 g/mol. The van der Waals surface area contributed by atoms with Gasteiger partial charge in [0.05, 0.1) is 5.02 Å². The molecule has 0 saturated heterocycles. The average Bonchev–Trinajstić information content (AvgIpc) is 2.35. The van der Waals surface area contributed by atoms with E-state index in [1.54, 1.807) is 11.3 Å². The van der Waals surface area contributed by atoms with Crippen molar-refractivity contribution >= 4 is 71.5 Å². The summed E-state index contributed by atoms with van der Waals surface area (Å²) >= 11 is 13.4. The minimum atomic E-state index is 0.778. The highest BCUT2D eigenvalue weighted by Gasteiger charge is 2.04. The van der Waals surface area contributed by atoms with Crippen LogP contribution in [0.4, 0.5) is 0 Å². The van der Waals surface area contributed by atoms with Gasteiger partial charge in [-0.15, -0.1) is 11.3 Å². The van der Waals surface area contributed by atoms with E-state index in [0.29, 0.717) is 0 Å². The van der Waals surface area contributed by atoms with Crippen molar-refractivity contribution in [1.82, 2.24) is 0 Å². The van der Waals surface area contributed by atoms with Crippen LogP contribution in [0.15, 0.2) is 22.0 Å². The van der Waals surface area contributed by atoms with Crippen LogP contribution in [0, 0.1) is 3.57 Å². The van der Waals surface area contributed by atoms with E-state index >= 15 is 0 Å². The predicted octanol–water partition coefficient (Wildman–Crippen LogP) is 4.92. The Kier molecular flexibility index (Phi) is 2.65. The monoisotopic (exact) mass is 372 g/mol. The Morgan fingerprint density at radius 2 is 2.17 bits per heavy atom. The molecule has 0 aliphatic carbocycles. The van der Waals surface area contributed by atoms with E-state index in [2.05, 4.69) is 50.0 Å². The minimum Gasteiger partial charge on any atom is -0.143 e. The summed E-state index contributed by atoms with van der Waals surface area (Å²) in [5, 5.41) is 4.19. The number of hydrogen-bond donors (Lipinski definition) is 0. The van der Waals surface area contributed by atoms with Gasteiger partial charge < -0.3 is 0 Å². The van der Waals surface area contributed by atoms with E-state index in [1.807, 2.05) is 6.07 Å². The molecule has 0 aliphatic heterocycles. The van der Waals surface area contributed by atoms with Gasteiger partial charge in [0, 0.05) is 23.5 Å². The maximum atomic E-state index is 5.95. The van der Waals surface area contributed by atoms with Crippen LogP contribution in [0.1, 0.15) is 0 Å². The third kappa shape index (κ3) is 1.52. The number of hydrogen-bond acceptors (Lipinski definition) is 1. The van der Waals surface area contributed by atoms with Crippen LogP contribution in [0.5, 0.6) is 0 Å². The molecule has 1 aromatic carbocycles. The molecule has 0 saturated carbocycles. The van der Waals surface area contributed by atoms with Crippen LogP contribution in [-0.2, 0) is 0 Å². The molecule has 1 heterocycles. The molecule has 62 valence electrons. The Balaban J connectivity index is 2.87. The summed E-state index contributed by atoms with van der Waals surface area (Å²) in [6.45, 7) is 0. The van der Waals surface area contributed by atoms with Crippen LogP contribution in [-0.4, -0.2) is 0 Å². The molecule has 0 bridgehead atoms. The predicted molar refractivity (Wildman–Crippen MR) is 67.3 cm³/mol. The van der Waals surface area contributed by atoms with E-state index in [1.165, 1.54) is 13.7 Å². The molecule has 12 heavy (non-hydrogen) atoms. The van der Waals surface area contributed by atoms with Crippen LogP contribution in [0.3, 0.4) is 0 Å². The SMILES string of the molecule is Clc1cc2scc(I)c2cc1Br. The van der Waals surface area contributed by atoms with Crippen molar-refractivity contribution in [1.29, 1.82) is 0 Å². The van der Waals surface area contributed by atoms with Crippen molar-refractivity contribution < 1.29 is 0 Å². The number of benzene rings is 1. The molecule has 0 aliphatic rings. The third-order valence-corrected chi connectivity index (χ3v) is 5.03. The molecule has 0 spiro atoms. The highest BCUT2D eigenvalue weighted by atomic mass is 127. The Morgan fingerprint density at radius 3 is 2.92 bits per heavy atom. The summed E-state index contributed by atoms with van der Waals surface area (Å²) in [6.07, 6.45) is 0. The summed E-state index contributed by atoms with van der Waals surface area (Å²) in [4.78, 5) is 0. The summed E-state index contributed by atoms with van der Waals surface area (Å²) < 4.78 is 3.49. The topological polar surface area (TPSA) is 0 Å². The highest BCUT2D eigenvalue weighted by Crippen LogP contribution is 2.34. The lowest BCUT2D eigenvalue weighted by Gasteiger charge is -1.95. The van der Waals surface area contributed by atoms with Gasteiger partial charge in [0.2, 0.25) is 0 Å². The fraction of sp³-hybridized carbons (Fsp3) is 0. The van der Waals surface area contributed by atoms with Gasteiger partial charge >= 0.3 is 0 Å². The Morgan fingerprint density at radius 1 is 1.42 bits per heavy atom. The van der Waals surface area contributed by atoms with Crippen molar-refractivity contribution in [3.8, 4) is 0 Å². The quantitative estimate of drug-likeness (QED) is 0.575. The van der Waals surface area contributed by atoms with E-state index in [0.717, 1.165) is 9.50 Å². The highest BCUT2D eigenvalue weighted by molar-refractivity contribution is 14.1. The van der Waals surface area contributed by atoms with E-state index in [-0.39, 0.29) is 0 Å². The molecule has 0 nitrogen and oxygen atoms in total. The molecule has 0 radical (unpaired) electrons. The normalized spacial score (nSPS) is 10.9. The van der Waals surface area contributed by atoms with Gasteiger partial charge in [0.25, 0.3) is 0 Å². The van der Waals surface area contributed by atoms with Crippen molar-refractivity contribution in [2.45, 2.75) is 0 Å². The van der Waals surface area contributed by atoms with Crippen LogP contribution in [0.25, 0.3) is 10.1 Å². The first-order valence-electron chi connectivity index (χ1n) is 3.20. The van der Waals surface area contributed by atoms with E-state index in [9.17, 15) is 0 Å². The second-order valence-electron chi connectivity index (χ2n) is 2.35. The second-order valence-corrected chi connectivity index (χ2v) is 5.68. The van der Waals surface area contributed by atoms with Gasteiger partial charge in [-0.2, -0.15) is 0 Å². The fourth-order valence-electron chi connectivity index (χ4n) is 0.991. The Labute approximate surface area is 101 Å². The molecule has 1 aromatic heterocycles. The third-order valence-electron chi connectivity index (χ3n) is 1.57. The fourth-order valence-corrected chi connectivity index (χ4v) is 3.41. The molecule has 2 aromatic rings. The summed E-state index contributed by atoms with van der Waals surface area (Å²) in [7, 11) is 0. The molecule has 0 unspecified atom stereocenters. The van der Waals surface area contributed by atoms with Crippen LogP contribution in [0.2, 0.25) is 5.02 Å². The van der Waals surface area contributed by atoms with Gasteiger partial charge in [0.1, 0.15) is 0 Å². The Bertz CT molecular complexity index is 438. The minimum absolute atomic E-state index is 0.778. The van der Waals surface area contributed by atoms with Gasteiger partial charge in [-0.05, 0) is 50.7 Å². The standard InChI is InChI=1S/C8H3BrClIS/c9-5-1-4-7(11)3-12-8(4)2-6(5)10/h1-3H. The average molecular weight is 373 g/mol. The zero-order chi connectivity index (χ0) is 8.72. The molecule has 0 fully saturated rings. The lowest BCUT2D eigenvalue weighted by Crippen LogP contribution is -1.70. The largest absolute Gasteiger partial charge is 0.143 e. The molecule has 0 amide bonds. The summed E-state index contributed by atoms with van der Waals surface area (Å²) in [5.41, 5.74) is 0. The first-order valence-corrected chi connectivity index (χ1v) is 6.33. The number of halogens is 3. The first kappa shape index (κ1) is 9.24. The zero-order valence-electron chi connectivity index (χ0n) is 5.77. The van der Waals surface area contributed by atoms with Crippen LogP contribution >= 0.6 is 61.5 Å². The number of fused-ring (bicyclic) bond motifs is 1. The smallest absolute Gasteiger partial charge is 0.0562 e. The summed E-state index contributed by atoms with van der Waals surface area (Å²) in [6, 6.07) is 4.06. The number of rotatable bonds is 0. The van der Waals surface area contributed by atoms with Gasteiger partial charge in [0.15, 0.2) is 0 Å². The zero-order valence-corrected chi connectivity index (χ0v) is 11.1. The number of thiophene rings is 1. The lowest BCUT2D eigenvalue weighted by molar-refractivity contribution is 1.75. The van der Waals surface area contributed by atoms with Crippen molar-refractivity contribution in [2.75, 3.05) is 0 Å². The van der Waals surface area contributed by atoms with Gasteiger partial charge in [-0.1, -0.05) is 11.6 Å². The van der Waals surface area contributed by atoms with Crippen molar-refractivity contribution in [2.24, 2.45) is 0 Å². The maximum absolute atomic E-state index is 5.95. The lowest BCUT2D eigenvalue weighted by atomic mass is 10.3. The molecular formula is C8H3BrClIS. The van der Waals surface area contributed by atoms with E-state index in [4.69, 9.17) is 11.6 Å². The van der Waals surface area contributed by atoms with Crippen molar-refractivity contribution in [3.05, 3.63) is 30.6 Å².